The molecule has 2 rings (SSSR count). The maximum atomic E-state index is 13.0. The van der Waals surface area contributed by atoms with E-state index in [1.54, 1.807) is 31.2 Å². The van der Waals surface area contributed by atoms with E-state index in [1.807, 2.05) is 0 Å². The predicted octanol–water partition coefficient (Wildman–Crippen LogP) is 3.17. The third kappa shape index (κ3) is 6.82. The van der Waals surface area contributed by atoms with Gasteiger partial charge in [-0.05, 0) is 43.2 Å². The molecule has 1 aromatic heterocycles. The standard InChI is InChI=1S/C19H20FNO5S/c1-2-25-18(23)4-3-11-21-17(22)12-26-19(24)16-10-9-15(27-16)13-5-7-14(20)8-6-13/h5-10H,2-4,11-12H2,1H3,(H,21,22). The maximum Gasteiger partial charge on any atom is 0.348 e. The fourth-order valence-electron chi connectivity index (χ4n) is 2.16. The summed E-state index contributed by atoms with van der Waals surface area (Å²) >= 11 is 1.20. The Kier molecular flexibility index (Phi) is 7.94. The van der Waals surface area contributed by atoms with Crippen molar-refractivity contribution < 1.29 is 28.2 Å². The summed E-state index contributed by atoms with van der Waals surface area (Å²) in [6.45, 7) is 1.95. The summed E-state index contributed by atoms with van der Waals surface area (Å²) in [6.07, 6.45) is 0.666. The van der Waals surface area contributed by atoms with Gasteiger partial charge in [0.1, 0.15) is 10.7 Å². The van der Waals surface area contributed by atoms with E-state index in [1.165, 1.54) is 23.5 Å². The van der Waals surface area contributed by atoms with E-state index in [9.17, 15) is 18.8 Å². The molecule has 27 heavy (non-hydrogen) atoms. The van der Waals surface area contributed by atoms with Gasteiger partial charge in [-0.15, -0.1) is 11.3 Å². The molecule has 1 N–H and O–H groups in total. The van der Waals surface area contributed by atoms with Gasteiger partial charge in [-0.1, -0.05) is 12.1 Å². The van der Waals surface area contributed by atoms with Crippen LogP contribution in [0.3, 0.4) is 0 Å². The van der Waals surface area contributed by atoms with Crippen molar-refractivity contribution in [1.29, 1.82) is 0 Å². The molecular formula is C19H20FNO5S. The van der Waals surface area contributed by atoms with Gasteiger partial charge >= 0.3 is 11.9 Å². The Labute approximate surface area is 160 Å². The zero-order valence-corrected chi connectivity index (χ0v) is 15.6. The van der Waals surface area contributed by atoms with Crippen LogP contribution < -0.4 is 5.32 Å². The van der Waals surface area contributed by atoms with Crippen molar-refractivity contribution in [3.63, 3.8) is 0 Å². The quantitative estimate of drug-likeness (QED) is 0.523. The zero-order chi connectivity index (χ0) is 19.6. The molecule has 6 nitrogen and oxygen atoms in total. The van der Waals surface area contributed by atoms with Crippen LogP contribution in [0.1, 0.15) is 29.4 Å². The number of halogens is 1. The zero-order valence-electron chi connectivity index (χ0n) is 14.8. The molecule has 1 amide bonds. The van der Waals surface area contributed by atoms with Crippen LogP contribution in [0.4, 0.5) is 4.39 Å². The lowest BCUT2D eigenvalue weighted by molar-refractivity contribution is -0.143. The summed E-state index contributed by atoms with van der Waals surface area (Å²) in [5.74, 6) is -1.69. The maximum absolute atomic E-state index is 13.0. The SMILES string of the molecule is CCOC(=O)CCCNC(=O)COC(=O)c1ccc(-c2ccc(F)cc2)s1. The highest BCUT2D eigenvalue weighted by Crippen LogP contribution is 2.28. The van der Waals surface area contributed by atoms with Crippen LogP contribution in [-0.2, 0) is 19.1 Å². The van der Waals surface area contributed by atoms with Gasteiger partial charge in [-0.3, -0.25) is 9.59 Å². The van der Waals surface area contributed by atoms with Gasteiger partial charge in [0.2, 0.25) is 0 Å². The Balaban J connectivity index is 1.73. The van der Waals surface area contributed by atoms with E-state index in [-0.39, 0.29) is 18.2 Å². The van der Waals surface area contributed by atoms with Crippen LogP contribution in [0.2, 0.25) is 0 Å². The molecule has 0 saturated heterocycles. The lowest BCUT2D eigenvalue weighted by Gasteiger charge is -2.06. The smallest absolute Gasteiger partial charge is 0.348 e. The molecule has 0 spiro atoms. The predicted molar refractivity (Wildman–Crippen MR) is 98.9 cm³/mol. The number of hydrogen-bond acceptors (Lipinski definition) is 6. The first kappa shape index (κ1) is 20.6. The molecule has 0 unspecified atom stereocenters. The molecule has 0 fully saturated rings. The first-order valence-electron chi connectivity index (χ1n) is 8.45. The summed E-state index contributed by atoms with van der Waals surface area (Å²) in [4.78, 5) is 36.0. The number of amides is 1. The lowest BCUT2D eigenvalue weighted by atomic mass is 10.2. The van der Waals surface area contributed by atoms with Gasteiger partial charge in [0, 0.05) is 17.8 Å². The number of thiophene rings is 1. The van der Waals surface area contributed by atoms with Gasteiger partial charge in [0.05, 0.1) is 6.61 Å². The van der Waals surface area contributed by atoms with Crippen LogP contribution in [0, 0.1) is 5.82 Å². The Hall–Kier alpha value is -2.74. The highest BCUT2D eigenvalue weighted by Gasteiger charge is 2.13. The van der Waals surface area contributed by atoms with E-state index in [4.69, 9.17) is 9.47 Å². The van der Waals surface area contributed by atoms with Crippen LogP contribution in [0.5, 0.6) is 0 Å². The minimum Gasteiger partial charge on any atom is -0.466 e. The van der Waals surface area contributed by atoms with Crippen molar-refractivity contribution in [2.75, 3.05) is 19.8 Å². The highest BCUT2D eigenvalue weighted by molar-refractivity contribution is 7.17. The molecule has 2 aromatic rings. The monoisotopic (exact) mass is 393 g/mol. The fourth-order valence-corrected chi connectivity index (χ4v) is 3.07. The minimum atomic E-state index is -0.602. The Bertz CT molecular complexity index is 788. The van der Waals surface area contributed by atoms with Crippen LogP contribution >= 0.6 is 11.3 Å². The van der Waals surface area contributed by atoms with E-state index in [0.29, 0.717) is 24.4 Å². The minimum absolute atomic E-state index is 0.218. The highest BCUT2D eigenvalue weighted by atomic mass is 32.1. The number of carbonyl (C=O) groups excluding carboxylic acids is 3. The molecule has 1 aromatic carbocycles. The molecule has 0 bridgehead atoms. The molecule has 0 aliphatic rings. The first-order valence-corrected chi connectivity index (χ1v) is 9.26. The average molecular weight is 393 g/mol. The summed E-state index contributed by atoms with van der Waals surface area (Å²) < 4.78 is 22.7. The van der Waals surface area contributed by atoms with Crippen LogP contribution in [-0.4, -0.2) is 37.6 Å². The number of ether oxygens (including phenoxy) is 2. The average Bonchev–Trinajstić information content (AvgIpc) is 3.14. The number of nitrogens with one attached hydrogen (secondary N) is 1. The van der Waals surface area contributed by atoms with Crippen molar-refractivity contribution >= 4 is 29.2 Å². The fraction of sp³-hybridized carbons (Fsp3) is 0.316. The summed E-state index contributed by atoms with van der Waals surface area (Å²) in [5.41, 5.74) is 0.791. The van der Waals surface area contributed by atoms with Crippen molar-refractivity contribution in [1.82, 2.24) is 5.32 Å². The second kappa shape index (κ2) is 10.4. The molecular weight excluding hydrogens is 373 g/mol. The van der Waals surface area contributed by atoms with Gasteiger partial charge in [0.25, 0.3) is 5.91 Å². The Morgan fingerprint density at radius 1 is 1.07 bits per heavy atom. The number of esters is 2. The summed E-state index contributed by atoms with van der Waals surface area (Å²) in [6, 6.07) is 9.28. The Morgan fingerprint density at radius 3 is 2.52 bits per heavy atom. The van der Waals surface area contributed by atoms with Crippen molar-refractivity contribution in [3.05, 3.63) is 47.1 Å². The molecule has 0 radical (unpaired) electrons. The third-order valence-corrected chi connectivity index (χ3v) is 4.57. The van der Waals surface area contributed by atoms with E-state index < -0.39 is 18.5 Å². The topological polar surface area (TPSA) is 81.7 Å². The molecule has 0 saturated carbocycles. The second-order valence-electron chi connectivity index (χ2n) is 5.51. The second-order valence-corrected chi connectivity index (χ2v) is 6.59. The summed E-state index contributed by atoms with van der Waals surface area (Å²) in [7, 11) is 0. The van der Waals surface area contributed by atoms with Crippen LogP contribution in [0.25, 0.3) is 10.4 Å². The number of rotatable bonds is 9. The van der Waals surface area contributed by atoms with E-state index in [0.717, 1.165) is 10.4 Å². The molecule has 0 aliphatic carbocycles. The first-order chi connectivity index (χ1) is 13.0. The number of carbonyl (C=O) groups is 3. The van der Waals surface area contributed by atoms with Gasteiger partial charge < -0.3 is 14.8 Å². The van der Waals surface area contributed by atoms with Crippen molar-refractivity contribution in [3.8, 4) is 10.4 Å². The summed E-state index contributed by atoms with van der Waals surface area (Å²) in [5, 5.41) is 2.57. The van der Waals surface area contributed by atoms with Crippen LogP contribution in [0.15, 0.2) is 36.4 Å². The van der Waals surface area contributed by atoms with Gasteiger partial charge in [0.15, 0.2) is 6.61 Å². The molecule has 0 atom stereocenters. The molecule has 1 heterocycles. The third-order valence-electron chi connectivity index (χ3n) is 3.46. The van der Waals surface area contributed by atoms with Gasteiger partial charge in [-0.25, -0.2) is 9.18 Å². The van der Waals surface area contributed by atoms with Crippen molar-refractivity contribution in [2.24, 2.45) is 0 Å². The molecule has 8 heteroatoms. The normalized spacial score (nSPS) is 10.3. The molecule has 0 aliphatic heterocycles. The largest absolute Gasteiger partial charge is 0.466 e. The van der Waals surface area contributed by atoms with Gasteiger partial charge in [-0.2, -0.15) is 0 Å². The van der Waals surface area contributed by atoms with E-state index in [2.05, 4.69) is 5.32 Å². The van der Waals surface area contributed by atoms with Crippen molar-refractivity contribution in [2.45, 2.75) is 19.8 Å². The number of hydrogen-bond donors (Lipinski definition) is 1. The lowest BCUT2D eigenvalue weighted by Crippen LogP contribution is -2.29. The number of benzene rings is 1. The Morgan fingerprint density at radius 2 is 1.81 bits per heavy atom. The molecule has 144 valence electrons. The van der Waals surface area contributed by atoms with E-state index >= 15 is 0 Å².